The average molecular weight is 487 g/mol. The summed E-state index contributed by atoms with van der Waals surface area (Å²) in [6, 6.07) is 11.5. The second kappa shape index (κ2) is 12.5. The molecule has 0 atom stereocenters. The van der Waals surface area contributed by atoms with Crippen LogP contribution >= 0.6 is 0 Å². The van der Waals surface area contributed by atoms with Crippen molar-refractivity contribution in [2.24, 2.45) is 5.92 Å². The number of nitriles is 1. The first-order chi connectivity index (χ1) is 17.6. The highest BCUT2D eigenvalue weighted by Crippen LogP contribution is 2.26. The normalized spacial score (nSPS) is 13.4. The quantitative estimate of drug-likeness (QED) is 0.339. The zero-order chi connectivity index (χ0) is 25.2. The first-order valence-corrected chi connectivity index (χ1v) is 12.0. The molecular weight excluding hydrogens is 456 g/mol. The maximum atomic E-state index is 12.7. The fourth-order valence-electron chi connectivity index (χ4n) is 3.95. The molecule has 10 nitrogen and oxygen atoms in total. The van der Waals surface area contributed by atoms with Gasteiger partial charge in [0.1, 0.15) is 23.5 Å². The van der Waals surface area contributed by atoms with Gasteiger partial charge in [-0.1, -0.05) is 12.1 Å². The van der Waals surface area contributed by atoms with Crippen molar-refractivity contribution in [1.29, 1.82) is 5.26 Å². The topological polar surface area (TPSA) is 137 Å². The summed E-state index contributed by atoms with van der Waals surface area (Å²) in [5.41, 5.74) is 2.72. The number of pyridine rings is 1. The molecule has 1 aliphatic rings. The van der Waals surface area contributed by atoms with E-state index in [1.165, 1.54) is 12.4 Å². The van der Waals surface area contributed by atoms with Gasteiger partial charge in [-0.3, -0.25) is 4.79 Å². The van der Waals surface area contributed by atoms with Crippen LogP contribution < -0.4 is 26.0 Å². The van der Waals surface area contributed by atoms with Crippen LogP contribution in [0, 0.1) is 17.2 Å². The molecule has 186 valence electrons. The number of nitrogens with zero attached hydrogens (tertiary/aromatic N) is 4. The molecule has 10 heteroatoms. The van der Waals surface area contributed by atoms with Crippen LogP contribution in [0.2, 0.25) is 0 Å². The summed E-state index contributed by atoms with van der Waals surface area (Å²) in [5.74, 6) is 2.29. The number of hydrogen-bond donors (Lipinski definition) is 4. The van der Waals surface area contributed by atoms with E-state index in [4.69, 9.17) is 10.00 Å². The van der Waals surface area contributed by atoms with Gasteiger partial charge < -0.3 is 26.0 Å². The first kappa shape index (κ1) is 24.9. The van der Waals surface area contributed by atoms with Crippen LogP contribution in [0.5, 0.6) is 5.75 Å². The molecule has 3 heterocycles. The summed E-state index contributed by atoms with van der Waals surface area (Å²) in [5, 5.41) is 21.9. The van der Waals surface area contributed by atoms with E-state index in [0.29, 0.717) is 36.1 Å². The maximum Gasteiger partial charge on any atom is 0.224 e. The lowest BCUT2D eigenvalue weighted by atomic mass is 9.98. The van der Waals surface area contributed by atoms with Crippen LogP contribution in [-0.2, 0) is 11.2 Å². The standard InChI is InChI=1S/C26H30N8O2/c1-36-21-5-2-18(3-6-21)4-7-26(35)33-23-16-32-24(34-25-17-29-20(13-27)15-31-25)12-22(23)30-14-19-8-10-28-11-9-19/h2-3,5-6,12,15-17,19,28H,4,7-11,14H2,1H3,(H,33,35)(H2,30,31,32,34). The van der Waals surface area contributed by atoms with Crippen molar-refractivity contribution in [3.05, 3.63) is 60.2 Å². The minimum Gasteiger partial charge on any atom is -0.497 e. The number of carbonyl (C=O) groups excluding carboxylic acids is 1. The van der Waals surface area contributed by atoms with Crippen LogP contribution in [0.15, 0.2) is 48.9 Å². The van der Waals surface area contributed by atoms with E-state index in [1.807, 2.05) is 36.4 Å². The van der Waals surface area contributed by atoms with Gasteiger partial charge in [0.2, 0.25) is 5.91 Å². The predicted octanol–water partition coefficient (Wildman–Crippen LogP) is 3.48. The van der Waals surface area contributed by atoms with Gasteiger partial charge in [-0.15, -0.1) is 0 Å². The molecule has 0 spiro atoms. The summed E-state index contributed by atoms with van der Waals surface area (Å²) in [6.45, 7) is 2.83. The second-order valence-corrected chi connectivity index (χ2v) is 8.61. The minimum absolute atomic E-state index is 0.0868. The van der Waals surface area contributed by atoms with Crippen molar-refractivity contribution in [2.45, 2.75) is 25.7 Å². The van der Waals surface area contributed by atoms with Crippen molar-refractivity contribution in [3.63, 3.8) is 0 Å². The smallest absolute Gasteiger partial charge is 0.224 e. The van der Waals surface area contributed by atoms with Gasteiger partial charge in [-0.2, -0.15) is 5.26 Å². The Morgan fingerprint density at radius 1 is 1.08 bits per heavy atom. The summed E-state index contributed by atoms with van der Waals surface area (Å²) in [7, 11) is 1.63. The van der Waals surface area contributed by atoms with E-state index in [9.17, 15) is 4.79 Å². The molecular formula is C26H30N8O2. The molecule has 2 aromatic heterocycles. The lowest BCUT2D eigenvalue weighted by Crippen LogP contribution is -2.31. The summed E-state index contributed by atoms with van der Waals surface area (Å²) >= 11 is 0. The number of piperidine rings is 1. The number of rotatable bonds is 10. The Balaban J connectivity index is 1.43. The van der Waals surface area contributed by atoms with Gasteiger partial charge in [0.05, 0.1) is 37.1 Å². The van der Waals surface area contributed by atoms with Crippen LogP contribution in [0.25, 0.3) is 0 Å². The number of hydrogen-bond acceptors (Lipinski definition) is 9. The van der Waals surface area contributed by atoms with Crippen molar-refractivity contribution in [1.82, 2.24) is 20.3 Å². The molecule has 4 N–H and O–H groups in total. The van der Waals surface area contributed by atoms with Gasteiger partial charge in [0.15, 0.2) is 5.69 Å². The van der Waals surface area contributed by atoms with Crippen molar-refractivity contribution in [3.8, 4) is 11.8 Å². The highest BCUT2D eigenvalue weighted by molar-refractivity contribution is 5.94. The van der Waals surface area contributed by atoms with E-state index in [1.54, 1.807) is 13.3 Å². The SMILES string of the molecule is COc1ccc(CCC(=O)Nc2cnc(Nc3cnc(C#N)cn3)cc2NCC2CCNCC2)cc1. The van der Waals surface area contributed by atoms with Gasteiger partial charge >= 0.3 is 0 Å². The lowest BCUT2D eigenvalue weighted by molar-refractivity contribution is -0.116. The Bertz CT molecular complexity index is 1190. The molecule has 36 heavy (non-hydrogen) atoms. The van der Waals surface area contributed by atoms with Gasteiger partial charge in [0.25, 0.3) is 0 Å². The van der Waals surface area contributed by atoms with Crippen LogP contribution in [0.4, 0.5) is 23.0 Å². The monoisotopic (exact) mass is 486 g/mol. The van der Waals surface area contributed by atoms with Crippen molar-refractivity contribution in [2.75, 3.05) is 42.7 Å². The largest absolute Gasteiger partial charge is 0.497 e. The van der Waals surface area contributed by atoms with E-state index in [2.05, 4.69) is 36.2 Å². The Kier molecular flexibility index (Phi) is 8.62. The van der Waals surface area contributed by atoms with Gasteiger partial charge in [-0.05, 0) is 56.0 Å². The molecule has 1 amide bonds. The molecule has 1 aliphatic heterocycles. The molecule has 3 aromatic rings. The predicted molar refractivity (Wildman–Crippen MR) is 138 cm³/mol. The highest BCUT2D eigenvalue weighted by atomic mass is 16.5. The lowest BCUT2D eigenvalue weighted by Gasteiger charge is -2.24. The van der Waals surface area contributed by atoms with Gasteiger partial charge in [-0.25, -0.2) is 15.0 Å². The number of carbonyl (C=O) groups is 1. The van der Waals surface area contributed by atoms with Crippen molar-refractivity contribution < 1.29 is 9.53 Å². The third-order valence-corrected chi connectivity index (χ3v) is 6.04. The van der Waals surface area contributed by atoms with Crippen LogP contribution in [0.1, 0.15) is 30.5 Å². The van der Waals surface area contributed by atoms with E-state index in [-0.39, 0.29) is 11.6 Å². The molecule has 0 saturated carbocycles. The van der Waals surface area contributed by atoms with Gasteiger partial charge in [0, 0.05) is 19.0 Å². The second-order valence-electron chi connectivity index (χ2n) is 8.61. The Morgan fingerprint density at radius 2 is 1.86 bits per heavy atom. The molecule has 0 unspecified atom stereocenters. The number of methoxy groups -OCH3 is 1. The Morgan fingerprint density at radius 3 is 2.56 bits per heavy atom. The van der Waals surface area contributed by atoms with E-state index >= 15 is 0 Å². The molecule has 0 aliphatic carbocycles. The molecule has 1 saturated heterocycles. The summed E-state index contributed by atoms with van der Waals surface area (Å²) < 4.78 is 5.19. The fraction of sp³-hybridized carbons (Fsp3) is 0.346. The number of aryl methyl sites for hydroxylation is 1. The third-order valence-electron chi connectivity index (χ3n) is 6.04. The number of anilines is 4. The minimum atomic E-state index is -0.0868. The number of ether oxygens (including phenoxy) is 1. The number of nitrogens with one attached hydrogen (secondary N) is 4. The average Bonchev–Trinajstić information content (AvgIpc) is 2.93. The fourth-order valence-corrected chi connectivity index (χ4v) is 3.95. The highest BCUT2D eigenvalue weighted by Gasteiger charge is 2.15. The molecule has 1 aromatic carbocycles. The van der Waals surface area contributed by atoms with Crippen molar-refractivity contribution >= 4 is 28.9 Å². The zero-order valence-electron chi connectivity index (χ0n) is 20.3. The molecule has 1 fully saturated rings. The Hall–Kier alpha value is -4.23. The van der Waals surface area contributed by atoms with E-state index < -0.39 is 0 Å². The third kappa shape index (κ3) is 7.13. The van der Waals surface area contributed by atoms with Crippen LogP contribution in [0.3, 0.4) is 0 Å². The first-order valence-electron chi connectivity index (χ1n) is 12.0. The number of aromatic nitrogens is 3. The number of amides is 1. The molecule has 4 rings (SSSR count). The Labute approximate surface area is 210 Å². The zero-order valence-corrected chi connectivity index (χ0v) is 20.3. The molecule has 0 radical (unpaired) electrons. The summed E-state index contributed by atoms with van der Waals surface area (Å²) in [4.78, 5) is 25.4. The molecule has 0 bridgehead atoms. The van der Waals surface area contributed by atoms with E-state index in [0.717, 1.165) is 49.5 Å². The maximum absolute atomic E-state index is 12.7. The summed E-state index contributed by atoms with van der Waals surface area (Å²) in [6.07, 6.45) is 7.70. The van der Waals surface area contributed by atoms with Crippen LogP contribution in [-0.4, -0.2) is 47.6 Å². The number of benzene rings is 1.